The summed E-state index contributed by atoms with van der Waals surface area (Å²) in [7, 11) is 0. The van der Waals surface area contributed by atoms with Gasteiger partial charge in [-0.15, -0.1) is 0 Å². The van der Waals surface area contributed by atoms with E-state index in [1.54, 1.807) is 0 Å². The fraction of sp³-hybridized carbons (Fsp3) is 0. The minimum atomic E-state index is 0.501. The molecule has 1 aromatic carbocycles. The fourth-order valence-electron chi connectivity index (χ4n) is 0.821. The lowest BCUT2D eigenvalue weighted by atomic mass is 10.1. The number of allylic oxidation sites excluding steroid dienone is 1. The van der Waals surface area contributed by atoms with E-state index in [1.807, 2.05) is 52.9 Å². The van der Waals surface area contributed by atoms with E-state index in [0.717, 1.165) is 5.56 Å². The van der Waals surface area contributed by atoms with Crippen LogP contribution in [0.5, 0.6) is 0 Å². The van der Waals surface area contributed by atoms with E-state index in [0.29, 0.717) is 8.61 Å². The van der Waals surface area contributed by atoms with Crippen molar-refractivity contribution in [1.82, 2.24) is 0 Å². The number of hydrogen-bond acceptors (Lipinski definition) is 1. The van der Waals surface area contributed by atoms with E-state index in [4.69, 9.17) is 16.9 Å². The summed E-state index contributed by atoms with van der Waals surface area (Å²) in [6, 6.07) is 11.4. The van der Waals surface area contributed by atoms with E-state index >= 15 is 0 Å². The molecule has 0 aliphatic rings. The van der Waals surface area contributed by atoms with Crippen LogP contribution in [0.25, 0.3) is 5.57 Å². The van der Waals surface area contributed by atoms with Gasteiger partial charge in [0.05, 0.1) is 8.61 Å². The predicted molar refractivity (Wildman–Crippen MR) is 58.8 cm³/mol. The van der Waals surface area contributed by atoms with Crippen LogP contribution in [0.15, 0.2) is 33.4 Å². The zero-order valence-corrected chi connectivity index (χ0v) is 9.00. The first-order valence-electron chi connectivity index (χ1n) is 3.26. The van der Waals surface area contributed by atoms with Gasteiger partial charge < -0.3 is 0 Å². The Balaban J connectivity index is 3.17. The quantitative estimate of drug-likeness (QED) is 0.573. The highest BCUT2D eigenvalue weighted by atomic mass is 127. The molecule has 0 fully saturated rings. The smallest absolute Gasteiger partial charge is 0.102 e. The highest BCUT2D eigenvalue weighted by Gasteiger charge is 2.02. The Morgan fingerprint density at radius 1 is 1.33 bits per heavy atom. The van der Waals surface area contributed by atoms with Gasteiger partial charge in [-0.3, -0.25) is 0 Å². The number of nitriles is 1. The second-order valence-electron chi connectivity index (χ2n) is 2.11. The maximum absolute atomic E-state index is 8.75. The van der Waals surface area contributed by atoms with Crippen LogP contribution >= 0.6 is 34.2 Å². The number of nitrogens with zero attached hydrogens (tertiary/aromatic N) is 1. The zero-order chi connectivity index (χ0) is 8.97. The Morgan fingerprint density at radius 2 is 1.92 bits per heavy atom. The normalized spacial score (nSPS) is 11.8. The highest BCUT2D eigenvalue weighted by Crippen LogP contribution is 2.24. The number of hydrogen-bond donors (Lipinski definition) is 0. The minimum Gasteiger partial charge on any atom is -0.192 e. The molecule has 0 saturated carbocycles. The molecule has 0 spiro atoms. The molecule has 3 heteroatoms. The number of rotatable bonds is 1. The Labute approximate surface area is 89.8 Å². The molecule has 0 aliphatic carbocycles. The molecule has 0 saturated heterocycles. The van der Waals surface area contributed by atoms with Gasteiger partial charge in [0.2, 0.25) is 0 Å². The van der Waals surface area contributed by atoms with Crippen LogP contribution in [-0.2, 0) is 0 Å². The van der Waals surface area contributed by atoms with Crippen molar-refractivity contribution >= 4 is 39.8 Å². The van der Waals surface area contributed by atoms with Crippen molar-refractivity contribution in [2.45, 2.75) is 0 Å². The maximum atomic E-state index is 8.75. The zero-order valence-electron chi connectivity index (χ0n) is 6.09. The van der Waals surface area contributed by atoms with Gasteiger partial charge in [0.1, 0.15) is 6.07 Å². The molecular formula is C9H5ClIN. The van der Waals surface area contributed by atoms with Crippen molar-refractivity contribution in [2.75, 3.05) is 0 Å². The van der Waals surface area contributed by atoms with Crippen molar-refractivity contribution < 1.29 is 0 Å². The van der Waals surface area contributed by atoms with Crippen LogP contribution in [0.3, 0.4) is 0 Å². The molecule has 0 heterocycles. The molecule has 0 N–H and O–H groups in total. The molecule has 0 amide bonds. The lowest BCUT2D eigenvalue weighted by Crippen LogP contribution is -1.79. The third-order valence-electron chi connectivity index (χ3n) is 1.36. The van der Waals surface area contributed by atoms with Gasteiger partial charge in [-0.1, -0.05) is 41.9 Å². The molecule has 12 heavy (non-hydrogen) atoms. The molecule has 0 bridgehead atoms. The van der Waals surface area contributed by atoms with Gasteiger partial charge >= 0.3 is 0 Å². The fourth-order valence-corrected chi connectivity index (χ4v) is 1.40. The van der Waals surface area contributed by atoms with Crippen LogP contribution in [-0.4, -0.2) is 0 Å². The van der Waals surface area contributed by atoms with E-state index in [9.17, 15) is 0 Å². The number of halogens is 2. The van der Waals surface area contributed by atoms with Gasteiger partial charge in [0.25, 0.3) is 0 Å². The Kier molecular flexibility index (Phi) is 3.57. The first kappa shape index (κ1) is 9.56. The topological polar surface area (TPSA) is 23.8 Å². The first-order valence-corrected chi connectivity index (χ1v) is 4.72. The molecule has 0 atom stereocenters. The number of benzene rings is 1. The van der Waals surface area contributed by atoms with Crippen LogP contribution < -0.4 is 0 Å². The van der Waals surface area contributed by atoms with Crippen molar-refractivity contribution in [2.24, 2.45) is 0 Å². The summed E-state index contributed by atoms with van der Waals surface area (Å²) in [5, 5.41) is 8.75. The molecule has 0 radical (unpaired) electrons. The summed E-state index contributed by atoms with van der Waals surface area (Å²) in [6.45, 7) is 0. The van der Waals surface area contributed by atoms with Crippen LogP contribution in [0.1, 0.15) is 5.56 Å². The maximum Gasteiger partial charge on any atom is 0.102 e. The molecule has 0 aliphatic heterocycles. The third-order valence-corrected chi connectivity index (χ3v) is 2.09. The van der Waals surface area contributed by atoms with E-state index in [-0.39, 0.29) is 0 Å². The Hall–Kier alpha value is -0.530. The molecule has 1 nitrogen and oxygen atoms in total. The van der Waals surface area contributed by atoms with Crippen LogP contribution in [0.4, 0.5) is 0 Å². The minimum absolute atomic E-state index is 0.501. The van der Waals surface area contributed by atoms with Gasteiger partial charge in [-0.2, -0.15) is 5.26 Å². The van der Waals surface area contributed by atoms with Crippen molar-refractivity contribution in [3.8, 4) is 6.07 Å². The van der Waals surface area contributed by atoms with E-state index in [2.05, 4.69) is 6.07 Å². The molecule has 1 rings (SSSR count). The molecule has 1 aromatic rings. The summed E-state index contributed by atoms with van der Waals surface area (Å²) in [6.07, 6.45) is 0. The summed E-state index contributed by atoms with van der Waals surface area (Å²) in [5.41, 5.74) is 1.39. The van der Waals surface area contributed by atoms with Crippen LogP contribution in [0.2, 0.25) is 0 Å². The monoisotopic (exact) mass is 289 g/mol. The average Bonchev–Trinajstić information content (AvgIpc) is 2.07. The molecule has 60 valence electrons. The second kappa shape index (κ2) is 4.48. The Morgan fingerprint density at radius 3 is 2.33 bits per heavy atom. The second-order valence-corrected chi connectivity index (χ2v) is 4.21. The van der Waals surface area contributed by atoms with Gasteiger partial charge in [-0.05, 0) is 28.2 Å². The summed E-state index contributed by atoms with van der Waals surface area (Å²) in [5.74, 6) is 0. The first-order chi connectivity index (χ1) is 5.75. The Bertz CT molecular complexity index is 333. The largest absolute Gasteiger partial charge is 0.192 e. The van der Waals surface area contributed by atoms with E-state index < -0.39 is 0 Å². The molecular weight excluding hydrogens is 284 g/mol. The van der Waals surface area contributed by atoms with E-state index in [1.165, 1.54) is 0 Å². The van der Waals surface area contributed by atoms with Crippen molar-refractivity contribution in [1.29, 1.82) is 5.26 Å². The third kappa shape index (κ3) is 2.23. The molecule has 0 aromatic heterocycles. The predicted octanol–water partition coefficient (Wildman–Crippen LogP) is 3.55. The van der Waals surface area contributed by atoms with Gasteiger partial charge in [0.15, 0.2) is 0 Å². The van der Waals surface area contributed by atoms with Gasteiger partial charge in [0, 0.05) is 0 Å². The standard InChI is InChI=1S/C9H5ClIN/c10-9(11)8(6-12)7-4-2-1-3-5-7/h1-5H/b9-8-. The van der Waals surface area contributed by atoms with Gasteiger partial charge in [-0.25, -0.2) is 0 Å². The van der Waals surface area contributed by atoms with Crippen molar-refractivity contribution in [3.63, 3.8) is 0 Å². The summed E-state index contributed by atoms with van der Waals surface area (Å²) in [4.78, 5) is 0. The lowest BCUT2D eigenvalue weighted by molar-refractivity contribution is 1.52. The van der Waals surface area contributed by atoms with Crippen LogP contribution in [0, 0.1) is 11.3 Å². The summed E-state index contributed by atoms with van der Waals surface area (Å²) < 4.78 is 0.501. The highest BCUT2D eigenvalue weighted by molar-refractivity contribution is 14.1. The lowest BCUT2D eigenvalue weighted by Gasteiger charge is -1.96. The summed E-state index contributed by atoms with van der Waals surface area (Å²) >= 11 is 7.65. The average molecular weight is 290 g/mol. The SMILES string of the molecule is N#C/C(=C(\Cl)I)c1ccccc1. The molecule has 0 unspecified atom stereocenters. The van der Waals surface area contributed by atoms with Crippen molar-refractivity contribution in [3.05, 3.63) is 38.9 Å².